The zero-order valence-corrected chi connectivity index (χ0v) is 9.20. The summed E-state index contributed by atoms with van der Waals surface area (Å²) in [7, 11) is 1.91. The van der Waals surface area contributed by atoms with Gasteiger partial charge in [0.1, 0.15) is 7.85 Å². The number of carboxylic acids is 1. The monoisotopic (exact) mass is 204 g/mol. The summed E-state index contributed by atoms with van der Waals surface area (Å²) in [6, 6.07) is 0. The molecule has 80 valence electrons. The number of rotatable bonds is 2. The molecule has 4 aliphatic carbocycles. The minimum atomic E-state index is -0.599. The lowest BCUT2D eigenvalue weighted by molar-refractivity contribution is -0.141. The molecule has 4 aliphatic rings. The van der Waals surface area contributed by atoms with Crippen molar-refractivity contribution in [2.75, 3.05) is 0 Å². The van der Waals surface area contributed by atoms with E-state index in [0.717, 1.165) is 25.2 Å². The molecule has 0 amide bonds. The normalized spacial score (nSPS) is 43.9. The van der Waals surface area contributed by atoms with Crippen molar-refractivity contribution in [1.82, 2.24) is 0 Å². The lowest BCUT2D eigenvalue weighted by Gasteiger charge is -2.54. The van der Waals surface area contributed by atoms with Gasteiger partial charge in [0.25, 0.3) is 5.97 Å². The summed E-state index contributed by atoms with van der Waals surface area (Å²) in [5.41, 5.74) is 1.67. The third-order valence-electron chi connectivity index (χ3n) is 4.89. The lowest BCUT2D eigenvalue weighted by Crippen LogP contribution is -2.45. The Balaban J connectivity index is 1.95. The summed E-state index contributed by atoms with van der Waals surface area (Å²) in [6.45, 7) is 0. The zero-order chi connectivity index (χ0) is 10.6. The maximum Gasteiger partial charge on any atom is 0.298 e. The molecule has 0 saturated heterocycles. The Morgan fingerprint density at radius 3 is 3.00 bits per heavy atom. The van der Waals surface area contributed by atoms with Crippen LogP contribution in [-0.2, 0) is 4.79 Å². The van der Waals surface area contributed by atoms with E-state index in [2.05, 4.69) is 6.08 Å². The van der Waals surface area contributed by atoms with Gasteiger partial charge in [0, 0.05) is 5.82 Å². The third kappa shape index (κ3) is 1.28. The summed E-state index contributed by atoms with van der Waals surface area (Å²) in [4.78, 5) is 11.2. The molecule has 15 heavy (non-hydrogen) atoms. The zero-order valence-electron chi connectivity index (χ0n) is 9.20. The van der Waals surface area contributed by atoms with Crippen LogP contribution in [0.5, 0.6) is 0 Å². The Bertz CT molecular complexity index is 350. The highest BCUT2D eigenvalue weighted by Gasteiger charge is 2.51. The molecular formula is C12H17BO2. The first-order valence-corrected chi connectivity index (χ1v) is 6.01. The number of hydrogen-bond donors (Lipinski definition) is 1. The van der Waals surface area contributed by atoms with Crippen LogP contribution in [0, 0.1) is 17.3 Å². The molecule has 0 radical (unpaired) electrons. The summed E-state index contributed by atoms with van der Waals surface area (Å²) in [5.74, 6) is 0.728. The summed E-state index contributed by atoms with van der Waals surface area (Å²) >= 11 is 0. The minimum absolute atomic E-state index is 0.113. The highest BCUT2D eigenvalue weighted by molar-refractivity contribution is 6.23. The van der Waals surface area contributed by atoms with Gasteiger partial charge in [0.2, 0.25) is 0 Å². The van der Waals surface area contributed by atoms with Gasteiger partial charge in [0.15, 0.2) is 0 Å². The van der Waals surface area contributed by atoms with Crippen molar-refractivity contribution in [3.05, 3.63) is 11.6 Å². The van der Waals surface area contributed by atoms with Crippen LogP contribution in [0.15, 0.2) is 11.6 Å². The molecule has 4 rings (SSSR count). The molecule has 0 spiro atoms. The second-order valence-corrected chi connectivity index (χ2v) is 5.90. The van der Waals surface area contributed by atoms with Crippen molar-refractivity contribution >= 4 is 13.8 Å². The summed E-state index contributed by atoms with van der Waals surface area (Å²) in [5, 5.41) is 9.22. The van der Waals surface area contributed by atoms with E-state index < -0.39 is 5.97 Å². The molecule has 0 heterocycles. The molecule has 3 heteroatoms. The smallest absolute Gasteiger partial charge is 0.298 e. The highest BCUT2D eigenvalue weighted by Crippen LogP contribution is 2.61. The third-order valence-corrected chi connectivity index (χ3v) is 4.89. The number of hydrogen-bond acceptors (Lipinski definition) is 1. The van der Waals surface area contributed by atoms with Crippen LogP contribution >= 0.6 is 0 Å². The molecule has 0 aromatic rings. The molecule has 4 unspecified atom stereocenters. The fourth-order valence-electron chi connectivity index (χ4n) is 4.33. The molecule has 0 aromatic carbocycles. The van der Waals surface area contributed by atoms with Crippen molar-refractivity contribution in [2.45, 2.75) is 37.9 Å². The van der Waals surface area contributed by atoms with Crippen molar-refractivity contribution in [1.29, 1.82) is 0 Å². The fraction of sp³-hybridized carbons (Fsp3) is 0.750. The second-order valence-electron chi connectivity index (χ2n) is 5.90. The predicted molar refractivity (Wildman–Crippen MR) is 60.5 cm³/mol. The van der Waals surface area contributed by atoms with Gasteiger partial charge in [0.05, 0.1) is 0 Å². The Morgan fingerprint density at radius 1 is 1.60 bits per heavy atom. The molecule has 4 atom stereocenters. The minimum Gasteiger partial charge on any atom is -0.482 e. The SMILES string of the molecule is BC(C(=O)O)C12CC3=CC(CC(C3)C1)C2. The van der Waals surface area contributed by atoms with Crippen LogP contribution in [-0.4, -0.2) is 18.9 Å². The predicted octanol–water partition coefficient (Wildman–Crippen LogP) is 1.63. The number of aliphatic carboxylic acids is 1. The number of carbonyl (C=O) groups is 1. The molecule has 1 N–H and O–H groups in total. The van der Waals surface area contributed by atoms with Crippen LogP contribution in [0.3, 0.4) is 0 Å². The Hall–Kier alpha value is -0.725. The van der Waals surface area contributed by atoms with Crippen LogP contribution in [0.25, 0.3) is 0 Å². The average Bonchev–Trinajstić information content (AvgIpc) is 2.14. The van der Waals surface area contributed by atoms with Crippen LogP contribution in [0.1, 0.15) is 32.1 Å². The van der Waals surface area contributed by atoms with Gasteiger partial charge < -0.3 is 5.11 Å². The van der Waals surface area contributed by atoms with Crippen LogP contribution < -0.4 is 0 Å². The molecule has 2 nitrogen and oxygen atoms in total. The maximum atomic E-state index is 11.2. The van der Waals surface area contributed by atoms with E-state index in [4.69, 9.17) is 0 Å². The quantitative estimate of drug-likeness (QED) is 0.548. The fourth-order valence-corrected chi connectivity index (χ4v) is 4.33. The molecular weight excluding hydrogens is 187 g/mol. The summed E-state index contributed by atoms with van der Waals surface area (Å²) in [6.07, 6.45) is 8.35. The lowest BCUT2D eigenvalue weighted by atomic mass is 9.46. The van der Waals surface area contributed by atoms with Crippen LogP contribution in [0.2, 0.25) is 5.82 Å². The average molecular weight is 204 g/mol. The van der Waals surface area contributed by atoms with Gasteiger partial charge in [-0.1, -0.05) is 11.6 Å². The van der Waals surface area contributed by atoms with Crippen LogP contribution in [0.4, 0.5) is 0 Å². The van der Waals surface area contributed by atoms with Crippen molar-refractivity contribution in [3.8, 4) is 0 Å². The Kier molecular flexibility index (Phi) is 1.83. The van der Waals surface area contributed by atoms with E-state index >= 15 is 0 Å². The molecule has 0 aromatic heterocycles. The topological polar surface area (TPSA) is 37.3 Å². The van der Waals surface area contributed by atoms with E-state index in [1.807, 2.05) is 7.85 Å². The van der Waals surface area contributed by atoms with Crippen molar-refractivity contribution in [3.63, 3.8) is 0 Å². The first-order chi connectivity index (χ1) is 7.09. The van der Waals surface area contributed by atoms with Gasteiger partial charge >= 0.3 is 0 Å². The first kappa shape index (κ1) is 9.50. The van der Waals surface area contributed by atoms with Gasteiger partial charge in [-0.2, -0.15) is 0 Å². The van der Waals surface area contributed by atoms with E-state index in [0.29, 0.717) is 5.92 Å². The largest absolute Gasteiger partial charge is 0.482 e. The van der Waals surface area contributed by atoms with Crippen molar-refractivity contribution < 1.29 is 9.90 Å². The summed E-state index contributed by atoms with van der Waals surface area (Å²) < 4.78 is 0. The highest BCUT2D eigenvalue weighted by atomic mass is 16.4. The second kappa shape index (κ2) is 2.90. The van der Waals surface area contributed by atoms with E-state index in [1.54, 1.807) is 5.57 Å². The van der Waals surface area contributed by atoms with E-state index in [1.165, 1.54) is 12.8 Å². The molecule has 0 aliphatic heterocycles. The van der Waals surface area contributed by atoms with E-state index in [9.17, 15) is 9.90 Å². The van der Waals surface area contributed by atoms with Gasteiger partial charge in [-0.05, 0) is 49.4 Å². The Morgan fingerprint density at radius 2 is 2.40 bits per heavy atom. The van der Waals surface area contributed by atoms with E-state index in [-0.39, 0.29) is 11.2 Å². The van der Waals surface area contributed by atoms with Gasteiger partial charge in [-0.25, -0.2) is 0 Å². The maximum absolute atomic E-state index is 11.2. The molecule has 2 saturated carbocycles. The molecule has 2 fully saturated rings. The first-order valence-electron chi connectivity index (χ1n) is 6.01. The van der Waals surface area contributed by atoms with Gasteiger partial charge in [-0.3, -0.25) is 4.79 Å². The molecule has 4 bridgehead atoms. The van der Waals surface area contributed by atoms with Gasteiger partial charge in [-0.15, -0.1) is 0 Å². The van der Waals surface area contributed by atoms with Crippen molar-refractivity contribution in [2.24, 2.45) is 17.3 Å². The Labute approximate surface area is 91.2 Å². The number of allylic oxidation sites excluding steroid dienone is 2. The standard InChI is InChI=1S/C12H17BO2/c13-10(11(14)15)12-4-7-1-8(5-12)3-9(2-7)6-12/h1,7,9-10H,2-6,13H2,(H,14,15). The number of carboxylic acid groups (broad SMARTS) is 1.